The average Bonchev–Trinajstić information content (AvgIpc) is 2.99. The first-order chi connectivity index (χ1) is 8.68. The van der Waals surface area contributed by atoms with E-state index < -0.39 is 12.7 Å². The molecular formula is C11H13F2N3OS. The van der Waals surface area contributed by atoms with Gasteiger partial charge >= 0.3 is 6.55 Å². The molecule has 0 aliphatic heterocycles. The molecule has 2 rings (SSSR count). The van der Waals surface area contributed by atoms with Crippen LogP contribution in [0.15, 0.2) is 29.2 Å². The summed E-state index contributed by atoms with van der Waals surface area (Å²) in [6.45, 7) is -2.10. The molecule has 98 valence electrons. The van der Waals surface area contributed by atoms with Gasteiger partial charge in [0.15, 0.2) is 0 Å². The van der Waals surface area contributed by atoms with Gasteiger partial charge in [0.05, 0.1) is 12.6 Å². The zero-order chi connectivity index (χ0) is 13.0. The maximum atomic E-state index is 12.5. The first kappa shape index (κ1) is 13.1. The summed E-state index contributed by atoms with van der Waals surface area (Å²) in [5, 5.41) is 16.4. The fourth-order valence-electron chi connectivity index (χ4n) is 1.56. The highest BCUT2D eigenvalue weighted by atomic mass is 32.1. The minimum absolute atomic E-state index is 0.193. The van der Waals surface area contributed by atoms with Crippen LogP contribution in [0.2, 0.25) is 0 Å². The van der Waals surface area contributed by atoms with Crippen LogP contribution in [-0.2, 0) is 6.54 Å². The van der Waals surface area contributed by atoms with E-state index in [0.29, 0.717) is 6.54 Å². The number of halogens is 2. The molecular weight excluding hydrogens is 260 g/mol. The van der Waals surface area contributed by atoms with Gasteiger partial charge in [-0.1, -0.05) is 0 Å². The van der Waals surface area contributed by atoms with E-state index in [1.54, 1.807) is 0 Å². The van der Waals surface area contributed by atoms with Crippen molar-refractivity contribution in [3.05, 3.63) is 40.6 Å². The van der Waals surface area contributed by atoms with E-state index in [1.165, 1.54) is 23.7 Å². The van der Waals surface area contributed by atoms with E-state index in [-0.39, 0.29) is 12.4 Å². The number of hydrogen-bond acceptors (Lipinski definition) is 4. The van der Waals surface area contributed by atoms with Crippen molar-refractivity contribution in [1.82, 2.24) is 14.9 Å². The minimum Gasteiger partial charge on any atom is -0.387 e. The fraction of sp³-hybridized carbons (Fsp3) is 0.364. The van der Waals surface area contributed by atoms with Gasteiger partial charge in [-0.05, 0) is 22.4 Å². The summed E-state index contributed by atoms with van der Waals surface area (Å²) >= 11 is 1.50. The summed E-state index contributed by atoms with van der Waals surface area (Å²) in [7, 11) is 0. The van der Waals surface area contributed by atoms with Crippen molar-refractivity contribution in [1.29, 1.82) is 0 Å². The summed E-state index contributed by atoms with van der Waals surface area (Å²) in [5.41, 5.74) is 0.824. The van der Waals surface area contributed by atoms with Crippen LogP contribution in [0.4, 0.5) is 8.78 Å². The van der Waals surface area contributed by atoms with Crippen molar-refractivity contribution in [3.63, 3.8) is 0 Å². The highest BCUT2D eigenvalue weighted by Crippen LogP contribution is 2.16. The van der Waals surface area contributed by atoms with Crippen LogP contribution in [0.5, 0.6) is 0 Å². The summed E-state index contributed by atoms with van der Waals surface area (Å²) in [6, 6.07) is 1.83. The van der Waals surface area contributed by atoms with Gasteiger partial charge in [-0.25, -0.2) is 4.98 Å². The first-order valence-corrected chi connectivity index (χ1v) is 6.33. The Morgan fingerprint density at radius 3 is 3.00 bits per heavy atom. The zero-order valence-corrected chi connectivity index (χ0v) is 10.3. The predicted molar refractivity (Wildman–Crippen MR) is 64.5 cm³/mol. The number of nitrogens with zero attached hydrogens (tertiary/aromatic N) is 2. The van der Waals surface area contributed by atoms with Crippen LogP contribution in [0.25, 0.3) is 0 Å². The third-order valence-electron chi connectivity index (χ3n) is 2.51. The largest absolute Gasteiger partial charge is 0.387 e. The Balaban J connectivity index is 1.83. The molecule has 2 aromatic rings. The van der Waals surface area contributed by atoms with Crippen LogP contribution in [0, 0.1) is 0 Å². The smallest absolute Gasteiger partial charge is 0.319 e. The molecule has 0 fully saturated rings. The van der Waals surface area contributed by atoms with Gasteiger partial charge in [0.25, 0.3) is 0 Å². The van der Waals surface area contributed by atoms with Crippen LogP contribution < -0.4 is 5.32 Å². The second-order valence-corrected chi connectivity index (χ2v) is 4.51. The van der Waals surface area contributed by atoms with E-state index in [0.717, 1.165) is 10.1 Å². The van der Waals surface area contributed by atoms with Crippen LogP contribution in [-0.4, -0.2) is 21.2 Å². The molecule has 0 aromatic carbocycles. The highest BCUT2D eigenvalue weighted by Gasteiger charge is 2.12. The van der Waals surface area contributed by atoms with E-state index in [9.17, 15) is 13.9 Å². The Kier molecular flexibility index (Phi) is 4.40. The number of thiophene rings is 1. The molecule has 0 aliphatic carbocycles. The van der Waals surface area contributed by atoms with E-state index in [1.807, 2.05) is 16.8 Å². The molecule has 0 bridgehead atoms. The van der Waals surface area contributed by atoms with Gasteiger partial charge in [0, 0.05) is 18.9 Å². The second kappa shape index (κ2) is 6.03. The number of aromatic nitrogens is 2. The molecule has 0 saturated heterocycles. The van der Waals surface area contributed by atoms with E-state index >= 15 is 0 Å². The summed E-state index contributed by atoms with van der Waals surface area (Å²) in [4.78, 5) is 3.84. The molecule has 1 unspecified atom stereocenters. The van der Waals surface area contributed by atoms with Crippen molar-refractivity contribution >= 4 is 11.3 Å². The molecule has 0 radical (unpaired) electrons. The Hall–Kier alpha value is -1.31. The molecule has 2 N–H and O–H groups in total. The predicted octanol–water partition coefficient (Wildman–Crippen LogP) is 2.16. The molecule has 18 heavy (non-hydrogen) atoms. The maximum absolute atomic E-state index is 12.5. The average molecular weight is 273 g/mol. The standard InChI is InChI=1S/C11H13F2N3OS/c12-11(13)16-3-2-15-10(16)6-14-5-9(17)8-1-4-18-7-8/h1-4,7,9,11,14,17H,5-6H2. The number of imidazole rings is 1. The lowest BCUT2D eigenvalue weighted by atomic mass is 10.2. The third-order valence-corrected chi connectivity index (χ3v) is 3.21. The van der Waals surface area contributed by atoms with Gasteiger partial charge in [-0.2, -0.15) is 20.1 Å². The van der Waals surface area contributed by atoms with Crippen LogP contribution in [0.1, 0.15) is 24.0 Å². The van der Waals surface area contributed by atoms with E-state index in [4.69, 9.17) is 0 Å². The zero-order valence-electron chi connectivity index (χ0n) is 9.46. The van der Waals surface area contributed by atoms with E-state index in [2.05, 4.69) is 10.3 Å². The Morgan fingerprint density at radius 2 is 2.33 bits per heavy atom. The van der Waals surface area contributed by atoms with Gasteiger partial charge in [-0.15, -0.1) is 0 Å². The van der Waals surface area contributed by atoms with Crippen molar-refractivity contribution in [2.45, 2.75) is 19.2 Å². The maximum Gasteiger partial charge on any atom is 0.319 e. The molecule has 0 amide bonds. The lowest BCUT2D eigenvalue weighted by Gasteiger charge is -2.11. The minimum atomic E-state index is -2.59. The van der Waals surface area contributed by atoms with Crippen molar-refractivity contribution in [3.8, 4) is 0 Å². The molecule has 7 heteroatoms. The Labute approximate surface area is 107 Å². The van der Waals surface area contributed by atoms with Crippen molar-refractivity contribution in [2.24, 2.45) is 0 Å². The third kappa shape index (κ3) is 3.12. The lowest BCUT2D eigenvalue weighted by Crippen LogP contribution is -2.23. The van der Waals surface area contributed by atoms with Crippen LogP contribution >= 0.6 is 11.3 Å². The molecule has 0 saturated carbocycles. The quantitative estimate of drug-likeness (QED) is 0.848. The Bertz CT molecular complexity index is 472. The SMILES string of the molecule is OC(CNCc1nccn1C(F)F)c1ccsc1. The topological polar surface area (TPSA) is 50.1 Å². The molecule has 0 spiro atoms. The lowest BCUT2D eigenvalue weighted by molar-refractivity contribution is 0.0664. The van der Waals surface area contributed by atoms with Gasteiger partial charge in [-0.3, -0.25) is 4.57 Å². The first-order valence-electron chi connectivity index (χ1n) is 5.39. The summed E-state index contributed by atoms with van der Waals surface area (Å²) < 4.78 is 25.8. The normalized spacial score (nSPS) is 13.1. The summed E-state index contributed by atoms with van der Waals surface area (Å²) in [6.07, 6.45) is 1.93. The number of hydrogen-bond donors (Lipinski definition) is 2. The number of alkyl halides is 2. The molecule has 2 aromatic heterocycles. The van der Waals surface area contributed by atoms with Gasteiger partial charge in [0.2, 0.25) is 0 Å². The van der Waals surface area contributed by atoms with Crippen molar-refractivity contribution < 1.29 is 13.9 Å². The Morgan fingerprint density at radius 1 is 1.50 bits per heavy atom. The number of aliphatic hydroxyl groups is 1. The number of rotatable bonds is 6. The van der Waals surface area contributed by atoms with Gasteiger partial charge in [0.1, 0.15) is 5.82 Å². The number of nitrogens with one attached hydrogen (secondary N) is 1. The van der Waals surface area contributed by atoms with Crippen molar-refractivity contribution in [2.75, 3.05) is 6.54 Å². The van der Waals surface area contributed by atoms with Crippen LogP contribution in [0.3, 0.4) is 0 Å². The number of aliphatic hydroxyl groups excluding tert-OH is 1. The molecule has 1 atom stereocenters. The monoisotopic (exact) mass is 273 g/mol. The molecule has 2 heterocycles. The van der Waals surface area contributed by atoms with Gasteiger partial charge < -0.3 is 10.4 Å². The summed E-state index contributed by atoms with van der Waals surface area (Å²) in [5.74, 6) is 0.252. The fourth-order valence-corrected chi connectivity index (χ4v) is 2.27. The molecule has 4 nitrogen and oxygen atoms in total. The second-order valence-electron chi connectivity index (χ2n) is 3.73. The molecule has 0 aliphatic rings. The highest BCUT2D eigenvalue weighted by molar-refractivity contribution is 7.07.